The molecule has 3 heterocycles. The number of hydrogen-bond donors (Lipinski definition) is 2. The summed E-state index contributed by atoms with van der Waals surface area (Å²) in [5, 5.41) is 11.7. The Morgan fingerprint density at radius 2 is 1.74 bits per heavy atom. The van der Waals surface area contributed by atoms with Gasteiger partial charge in [0, 0.05) is 50.4 Å². The lowest BCUT2D eigenvalue weighted by atomic mass is 9.84. The Kier molecular flexibility index (Phi) is 6.78. The van der Waals surface area contributed by atoms with Gasteiger partial charge in [-0.3, -0.25) is 9.69 Å². The normalized spacial score (nSPS) is 28.5. The summed E-state index contributed by atoms with van der Waals surface area (Å²) in [6, 6.07) is 2.22. The molecule has 1 aromatic carbocycles. The van der Waals surface area contributed by atoms with E-state index >= 15 is 0 Å². The SMILES string of the molecule is Cc1c(CN2CC3C(C(=O)O)NC(C(C(F)(F)F)C(F)(F)F)C3C2)cccc1N1CCOCC1. The van der Waals surface area contributed by atoms with Crippen molar-refractivity contribution in [3.8, 4) is 0 Å². The van der Waals surface area contributed by atoms with Gasteiger partial charge in [-0.2, -0.15) is 26.3 Å². The Balaban J connectivity index is 1.56. The summed E-state index contributed by atoms with van der Waals surface area (Å²) >= 11 is 0. The highest BCUT2D eigenvalue weighted by atomic mass is 19.4. The molecule has 0 saturated carbocycles. The summed E-state index contributed by atoms with van der Waals surface area (Å²) in [6.45, 7) is 4.96. The lowest BCUT2D eigenvalue weighted by Gasteiger charge is -2.32. The molecule has 4 rings (SSSR count). The van der Waals surface area contributed by atoms with Crippen molar-refractivity contribution in [2.45, 2.75) is 37.9 Å². The number of benzene rings is 1. The molecule has 12 heteroatoms. The highest BCUT2D eigenvalue weighted by Gasteiger charge is 2.66. The first-order valence-electron chi connectivity index (χ1n) is 11.1. The summed E-state index contributed by atoms with van der Waals surface area (Å²) < 4.78 is 86.0. The number of rotatable bonds is 5. The zero-order valence-corrected chi connectivity index (χ0v) is 18.5. The van der Waals surface area contributed by atoms with E-state index in [1.165, 1.54) is 0 Å². The fourth-order valence-electron chi connectivity index (χ4n) is 5.68. The van der Waals surface area contributed by atoms with E-state index in [0.717, 1.165) is 29.9 Å². The molecule has 0 aromatic heterocycles. The third kappa shape index (κ3) is 4.85. The molecule has 3 aliphatic rings. The second kappa shape index (κ2) is 9.19. The van der Waals surface area contributed by atoms with E-state index in [-0.39, 0.29) is 13.1 Å². The van der Waals surface area contributed by atoms with Crippen LogP contribution in [0.1, 0.15) is 11.1 Å². The highest BCUT2D eigenvalue weighted by Crippen LogP contribution is 2.48. The number of fused-ring (bicyclic) bond motifs is 1. The molecular formula is C22H27F6N3O3. The van der Waals surface area contributed by atoms with E-state index in [0.29, 0.717) is 19.8 Å². The molecule has 4 atom stereocenters. The molecule has 3 aliphatic heterocycles. The maximum absolute atomic E-state index is 13.4. The first kappa shape index (κ1) is 25.1. The minimum Gasteiger partial charge on any atom is -0.480 e. The van der Waals surface area contributed by atoms with Crippen molar-refractivity contribution in [3.63, 3.8) is 0 Å². The van der Waals surface area contributed by atoms with E-state index in [9.17, 15) is 36.2 Å². The number of halogens is 6. The van der Waals surface area contributed by atoms with Gasteiger partial charge in [0.2, 0.25) is 0 Å². The Morgan fingerprint density at radius 1 is 1.12 bits per heavy atom. The van der Waals surface area contributed by atoms with Gasteiger partial charge >= 0.3 is 18.3 Å². The molecule has 4 unspecified atom stereocenters. The fraction of sp³-hybridized carbons (Fsp3) is 0.682. The molecule has 3 fully saturated rings. The Morgan fingerprint density at radius 3 is 2.32 bits per heavy atom. The Hall–Kier alpha value is -2.05. The number of anilines is 1. The number of carboxylic acids is 1. The van der Waals surface area contributed by atoms with Crippen molar-refractivity contribution in [1.82, 2.24) is 10.2 Å². The number of hydrogen-bond acceptors (Lipinski definition) is 5. The third-order valence-corrected chi connectivity index (χ3v) is 7.24. The summed E-state index contributed by atoms with van der Waals surface area (Å²) in [6.07, 6.45) is -11.1. The molecule has 3 saturated heterocycles. The van der Waals surface area contributed by atoms with Gasteiger partial charge in [-0.05, 0) is 30.0 Å². The predicted molar refractivity (Wildman–Crippen MR) is 110 cm³/mol. The second-order valence-corrected chi connectivity index (χ2v) is 9.25. The number of nitrogens with zero attached hydrogens (tertiary/aromatic N) is 2. The maximum atomic E-state index is 13.4. The van der Waals surface area contributed by atoms with Gasteiger partial charge in [-0.25, -0.2) is 0 Å². The summed E-state index contributed by atoms with van der Waals surface area (Å²) in [7, 11) is 0. The van der Waals surface area contributed by atoms with Crippen LogP contribution in [0.5, 0.6) is 0 Å². The van der Waals surface area contributed by atoms with Crippen LogP contribution in [0.3, 0.4) is 0 Å². The van der Waals surface area contributed by atoms with Gasteiger partial charge < -0.3 is 20.1 Å². The molecule has 2 N–H and O–H groups in total. The maximum Gasteiger partial charge on any atom is 0.402 e. The molecule has 0 bridgehead atoms. The molecule has 34 heavy (non-hydrogen) atoms. The van der Waals surface area contributed by atoms with Crippen LogP contribution >= 0.6 is 0 Å². The highest BCUT2D eigenvalue weighted by molar-refractivity contribution is 5.74. The zero-order chi connectivity index (χ0) is 24.8. The molecule has 1 aromatic rings. The average molecular weight is 495 g/mol. The largest absolute Gasteiger partial charge is 0.480 e. The standard InChI is InChI=1S/C22H27F6N3O3/c1-12-13(3-2-4-16(12)31-5-7-34-8-6-31)9-30-10-14-15(11-30)18(20(32)33)29-17(14)19(21(23,24)25)22(26,27)28/h2-4,14-15,17-19,29H,5-11H2,1H3,(H,32,33). The van der Waals surface area contributed by atoms with E-state index in [2.05, 4.69) is 10.2 Å². The zero-order valence-electron chi connectivity index (χ0n) is 18.5. The monoisotopic (exact) mass is 495 g/mol. The van der Waals surface area contributed by atoms with Crippen LogP contribution in [-0.2, 0) is 16.1 Å². The minimum atomic E-state index is -5.54. The van der Waals surface area contributed by atoms with Gasteiger partial charge in [0.25, 0.3) is 0 Å². The number of morpholine rings is 1. The lowest BCUT2D eigenvalue weighted by molar-refractivity contribution is -0.293. The number of carboxylic acid groups (broad SMARTS) is 1. The predicted octanol–water partition coefficient (Wildman–Crippen LogP) is 3.05. The van der Waals surface area contributed by atoms with Crippen molar-refractivity contribution in [2.24, 2.45) is 17.8 Å². The van der Waals surface area contributed by atoms with Crippen LogP contribution < -0.4 is 10.2 Å². The Bertz CT molecular complexity index is 889. The van der Waals surface area contributed by atoms with Crippen molar-refractivity contribution in [2.75, 3.05) is 44.3 Å². The summed E-state index contributed by atoms with van der Waals surface area (Å²) in [4.78, 5) is 15.6. The number of alkyl halides is 6. The van der Waals surface area contributed by atoms with E-state index in [1.807, 2.05) is 25.1 Å². The lowest BCUT2D eigenvalue weighted by Crippen LogP contribution is -2.53. The number of likely N-dealkylation sites (tertiary alicyclic amines) is 1. The molecule has 190 valence electrons. The fourth-order valence-corrected chi connectivity index (χ4v) is 5.68. The number of nitrogens with one attached hydrogen (secondary N) is 1. The molecule has 6 nitrogen and oxygen atoms in total. The van der Waals surface area contributed by atoms with Crippen LogP contribution in [0.2, 0.25) is 0 Å². The first-order chi connectivity index (χ1) is 15.9. The molecule has 0 spiro atoms. The van der Waals surface area contributed by atoms with Crippen LogP contribution in [-0.4, -0.2) is 79.8 Å². The van der Waals surface area contributed by atoms with Gasteiger partial charge in [0.15, 0.2) is 5.92 Å². The Labute approximate surface area is 192 Å². The summed E-state index contributed by atoms with van der Waals surface area (Å²) in [5.41, 5.74) is 2.90. The minimum absolute atomic E-state index is 0.0456. The first-order valence-corrected chi connectivity index (χ1v) is 11.1. The molecular weight excluding hydrogens is 468 g/mol. The van der Waals surface area contributed by atoms with Crippen molar-refractivity contribution in [1.29, 1.82) is 0 Å². The molecule has 0 aliphatic carbocycles. The quantitative estimate of drug-likeness (QED) is 0.613. The third-order valence-electron chi connectivity index (χ3n) is 7.24. The van der Waals surface area contributed by atoms with E-state index in [4.69, 9.17) is 4.74 Å². The van der Waals surface area contributed by atoms with Gasteiger partial charge in [-0.15, -0.1) is 0 Å². The van der Waals surface area contributed by atoms with Crippen LogP contribution in [0.15, 0.2) is 18.2 Å². The smallest absolute Gasteiger partial charge is 0.402 e. The number of carbonyl (C=O) groups is 1. The van der Waals surface area contributed by atoms with Crippen molar-refractivity contribution in [3.05, 3.63) is 29.3 Å². The van der Waals surface area contributed by atoms with E-state index < -0.39 is 48.2 Å². The van der Waals surface area contributed by atoms with Gasteiger partial charge in [-0.1, -0.05) is 12.1 Å². The second-order valence-electron chi connectivity index (χ2n) is 9.25. The molecule has 0 amide bonds. The number of aliphatic carboxylic acids is 1. The number of ether oxygens (including phenoxy) is 1. The summed E-state index contributed by atoms with van der Waals surface area (Å²) in [5.74, 6) is -6.99. The van der Waals surface area contributed by atoms with Crippen LogP contribution in [0.4, 0.5) is 32.0 Å². The van der Waals surface area contributed by atoms with Gasteiger partial charge in [0.1, 0.15) is 6.04 Å². The van der Waals surface area contributed by atoms with Crippen molar-refractivity contribution >= 4 is 11.7 Å². The molecule has 0 radical (unpaired) electrons. The van der Waals surface area contributed by atoms with Crippen LogP contribution in [0, 0.1) is 24.7 Å². The van der Waals surface area contributed by atoms with E-state index in [1.54, 1.807) is 4.90 Å². The topological polar surface area (TPSA) is 65.0 Å². The van der Waals surface area contributed by atoms with Crippen molar-refractivity contribution < 1.29 is 41.0 Å². The van der Waals surface area contributed by atoms with Gasteiger partial charge in [0.05, 0.1) is 13.2 Å². The average Bonchev–Trinajstić information content (AvgIpc) is 3.28. The van der Waals surface area contributed by atoms with Crippen LogP contribution in [0.25, 0.3) is 0 Å².